The van der Waals surface area contributed by atoms with E-state index in [1.165, 1.54) is 0 Å². The molecule has 3 rings (SSSR count). The van der Waals surface area contributed by atoms with E-state index in [4.69, 9.17) is 16.3 Å². The van der Waals surface area contributed by atoms with Crippen molar-refractivity contribution in [3.63, 3.8) is 0 Å². The molecule has 1 aromatic heterocycles. The summed E-state index contributed by atoms with van der Waals surface area (Å²) < 4.78 is 7.42. The van der Waals surface area contributed by atoms with Gasteiger partial charge in [0.05, 0.1) is 5.69 Å². The molecular formula is C18H17ClN4O2. The zero-order chi connectivity index (χ0) is 17.6. The van der Waals surface area contributed by atoms with Crippen LogP contribution in [0, 0.1) is 6.92 Å². The van der Waals surface area contributed by atoms with E-state index >= 15 is 0 Å². The summed E-state index contributed by atoms with van der Waals surface area (Å²) in [5.41, 5.74) is 2.83. The number of ether oxygens (including phenoxy) is 1. The summed E-state index contributed by atoms with van der Waals surface area (Å²) in [6, 6.07) is 13.0. The molecule has 25 heavy (non-hydrogen) atoms. The van der Waals surface area contributed by atoms with E-state index in [-0.39, 0.29) is 12.5 Å². The van der Waals surface area contributed by atoms with Gasteiger partial charge in [0.15, 0.2) is 6.61 Å². The van der Waals surface area contributed by atoms with Gasteiger partial charge in [0.25, 0.3) is 5.91 Å². The fourth-order valence-electron chi connectivity index (χ4n) is 2.27. The Kier molecular flexibility index (Phi) is 5.30. The van der Waals surface area contributed by atoms with Gasteiger partial charge in [-0.25, -0.2) is 0 Å². The molecule has 7 heteroatoms. The molecule has 128 valence electrons. The number of carbonyl (C=O) groups is 1. The third kappa shape index (κ3) is 4.58. The van der Waals surface area contributed by atoms with Gasteiger partial charge in [0.1, 0.15) is 18.4 Å². The summed E-state index contributed by atoms with van der Waals surface area (Å²) in [5.74, 6) is 0.386. The first-order chi connectivity index (χ1) is 12.1. The van der Waals surface area contributed by atoms with Crippen LogP contribution < -0.4 is 10.1 Å². The molecule has 1 N–H and O–H groups in total. The predicted molar refractivity (Wildman–Crippen MR) is 94.9 cm³/mol. The van der Waals surface area contributed by atoms with E-state index in [0.717, 1.165) is 16.8 Å². The molecule has 0 atom stereocenters. The minimum atomic E-state index is -0.203. The van der Waals surface area contributed by atoms with Gasteiger partial charge in [-0.3, -0.25) is 9.36 Å². The number of benzene rings is 2. The van der Waals surface area contributed by atoms with Crippen molar-refractivity contribution < 1.29 is 9.53 Å². The molecular weight excluding hydrogens is 340 g/mol. The fraction of sp³-hybridized carbons (Fsp3) is 0.167. The first kappa shape index (κ1) is 17.0. The summed E-state index contributed by atoms with van der Waals surface area (Å²) in [7, 11) is 0. The highest BCUT2D eigenvalue weighted by atomic mass is 35.5. The molecule has 0 radical (unpaired) electrons. The second kappa shape index (κ2) is 7.81. The number of carbonyl (C=O) groups excluding carboxylic acids is 1. The molecule has 0 aliphatic rings. The highest BCUT2D eigenvalue weighted by Crippen LogP contribution is 2.23. The summed E-state index contributed by atoms with van der Waals surface area (Å²) in [4.78, 5) is 12.0. The van der Waals surface area contributed by atoms with Crippen LogP contribution in [0.25, 0.3) is 5.69 Å². The average Bonchev–Trinajstić information content (AvgIpc) is 3.14. The number of aromatic nitrogens is 3. The van der Waals surface area contributed by atoms with E-state index in [0.29, 0.717) is 17.3 Å². The second-order valence-electron chi connectivity index (χ2n) is 5.53. The number of hydrogen-bond donors (Lipinski definition) is 1. The molecule has 3 aromatic rings. The highest BCUT2D eigenvalue weighted by molar-refractivity contribution is 6.30. The number of halogens is 1. The van der Waals surface area contributed by atoms with Gasteiger partial charge < -0.3 is 10.1 Å². The Bertz CT molecular complexity index is 848. The van der Waals surface area contributed by atoms with Crippen molar-refractivity contribution in [2.75, 3.05) is 6.61 Å². The SMILES string of the molecule is Cc1ccc(OCC(=O)NCc2ccc(Cl)cc2)c(-n2cnnc2)c1. The van der Waals surface area contributed by atoms with Crippen LogP contribution >= 0.6 is 11.6 Å². The molecule has 0 fully saturated rings. The van der Waals surface area contributed by atoms with Crippen molar-refractivity contribution in [1.82, 2.24) is 20.1 Å². The second-order valence-corrected chi connectivity index (χ2v) is 5.97. The minimum absolute atomic E-state index is 0.0776. The lowest BCUT2D eigenvalue weighted by Gasteiger charge is -2.12. The molecule has 1 heterocycles. The van der Waals surface area contributed by atoms with Crippen molar-refractivity contribution in [1.29, 1.82) is 0 Å². The Hall–Kier alpha value is -2.86. The van der Waals surface area contributed by atoms with E-state index in [1.54, 1.807) is 29.4 Å². The van der Waals surface area contributed by atoms with Gasteiger partial charge in [-0.05, 0) is 42.3 Å². The van der Waals surface area contributed by atoms with Crippen LogP contribution in [0.15, 0.2) is 55.1 Å². The quantitative estimate of drug-likeness (QED) is 0.737. The summed E-state index contributed by atoms with van der Waals surface area (Å²) in [6.45, 7) is 2.33. The van der Waals surface area contributed by atoms with Crippen molar-refractivity contribution >= 4 is 17.5 Å². The minimum Gasteiger partial charge on any atom is -0.482 e. The van der Waals surface area contributed by atoms with E-state index in [1.807, 2.05) is 37.3 Å². The summed E-state index contributed by atoms with van der Waals surface area (Å²) in [6.07, 6.45) is 3.17. The molecule has 0 saturated heterocycles. The third-order valence-electron chi connectivity index (χ3n) is 3.57. The molecule has 0 bridgehead atoms. The number of nitrogens with one attached hydrogen (secondary N) is 1. The lowest BCUT2D eigenvalue weighted by atomic mass is 10.2. The zero-order valence-corrected chi connectivity index (χ0v) is 14.4. The Morgan fingerprint density at radius 2 is 1.88 bits per heavy atom. The lowest BCUT2D eigenvalue weighted by molar-refractivity contribution is -0.123. The zero-order valence-electron chi connectivity index (χ0n) is 13.6. The number of nitrogens with zero attached hydrogens (tertiary/aromatic N) is 3. The maximum absolute atomic E-state index is 12.0. The largest absolute Gasteiger partial charge is 0.482 e. The first-order valence-electron chi connectivity index (χ1n) is 7.71. The molecule has 0 spiro atoms. The smallest absolute Gasteiger partial charge is 0.258 e. The van der Waals surface area contributed by atoms with Crippen molar-refractivity contribution in [3.05, 3.63) is 71.3 Å². The monoisotopic (exact) mass is 356 g/mol. The molecule has 0 aliphatic carbocycles. The number of aryl methyl sites for hydroxylation is 1. The molecule has 1 amide bonds. The molecule has 0 aliphatic heterocycles. The van der Waals surface area contributed by atoms with Crippen molar-refractivity contribution in [2.45, 2.75) is 13.5 Å². The standard InChI is InChI=1S/C18H17ClN4O2/c1-13-2-7-17(16(8-13)23-11-21-22-12-23)25-10-18(24)20-9-14-3-5-15(19)6-4-14/h2-8,11-12H,9-10H2,1H3,(H,20,24). The molecule has 2 aromatic carbocycles. The normalized spacial score (nSPS) is 10.5. The first-order valence-corrected chi connectivity index (χ1v) is 8.09. The average molecular weight is 357 g/mol. The van der Waals surface area contributed by atoms with Crippen LogP contribution in [0.3, 0.4) is 0 Å². The van der Waals surface area contributed by atoms with E-state index in [2.05, 4.69) is 15.5 Å². The molecule has 0 saturated carbocycles. The van der Waals surface area contributed by atoms with E-state index < -0.39 is 0 Å². The fourth-order valence-corrected chi connectivity index (χ4v) is 2.40. The van der Waals surface area contributed by atoms with Gasteiger partial charge in [0.2, 0.25) is 0 Å². The van der Waals surface area contributed by atoms with Gasteiger partial charge in [-0.15, -0.1) is 10.2 Å². The predicted octanol–water partition coefficient (Wildman–Crippen LogP) is 2.92. The van der Waals surface area contributed by atoms with Crippen molar-refractivity contribution in [2.24, 2.45) is 0 Å². The van der Waals surface area contributed by atoms with Gasteiger partial charge in [0, 0.05) is 11.6 Å². The Labute approximate surface area is 150 Å². The van der Waals surface area contributed by atoms with Crippen LogP contribution in [-0.4, -0.2) is 27.3 Å². The molecule has 6 nitrogen and oxygen atoms in total. The van der Waals surface area contributed by atoms with Crippen LogP contribution in [0.4, 0.5) is 0 Å². The van der Waals surface area contributed by atoms with Crippen LogP contribution in [-0.2, 0) is 11.3 Å². The van der Waals surface area contributed by atoms with Crippen LogP contribution in [0.5, 0.6) is 5.75 Å². The Balaban J connectivity index is 1.60. The van der Waals surface area contributed by atoms with Gasteiger partial charge >= 0.3 is 0 Å². The van der Waals surface area contributed by atoms with E-state index in [9.17, 15) is 4.79 Å². The molecule has 0 unspecified atom stereocenters. The Morgan fingerprint density at radius 3 is 2.60 bits per heavy atom. The number of amides is 1. The number of rotatable bonds is 6. The van der Waals surface area contributed by atoms with Crippen molar-refractivity contribution in [3.8, 4) is 11.4 Å². The topological polar surface area (TPSA) is 69.0 Å². The lowest BCUT2D eigenvalue weighted by Crippen LogP contribution is -2.28. The van der Waals surface area contributed by atoms with Gasteiger partial charge in [-0.1, -0.05) is 29.8 Å². The maximum atomic E-state index is 12.0. The number of hydrogen-bond acceptors (Lipinski definition) is 4. The van der Waals surface area contributed by atoms with Crippen LogP contribution in [0.1, 0.15) is 11.1 Å². The highest BCUT2D eigenvalue weighted by Gasteiger charge is 2.09. The van der Waals surface area contributed by atoms with Gasteiger partial charge in [-0.2, -0.15) is 0 Å². The summed E-state index contributed by atoms with van der Waals surface area (Å²) >= 11 is 5.84. The Morgan fingerprint density at radius 1 is 1.16 bits per heavy atom. The maximum Gasteiger partial charge on any atom is 0.258 e. The van der Waals surface area contributed by atoms with Crippen LogP contribution in [0.2, 0.25) is 5.02 Å². The summed E-state index contributed by atoms with van der Waals surface area (Å²) in [5, 5.41) is 11.1. The third-order valence-corrected chi connectivity index (χ3v) is 3.83.